The molecular weight excluding hydrogens is 409 g/mol. The smallest absolute Gasteiger partial charge is 0.267 e. The van der Waals surface area contributed by atoms with Gasteiger partial charge < -0.3 is 15.0 Å². The molecule has 0 radical (unpaired) electrons. The number of aryl methyl sites for hydroxylation is 1. The summed E-state index contributed by atoms with van der Waals surface area (Å²) in [6.45, 7) is 9.17. The molecule has 5 nitrogen and oxygen atoms in total. The lowest BCUT2D eigenvalue weighted by Crippen LogP contribution is -2.47. The number of benzene rings is 1. The van der Waals surface area contributed by atoms with Crippen molar-refractivity contribution in [3.05, 3.63) is 17.4 Å². The largest absolute Gasteiger partial charge is 0.476 e. The minimum atomic E-state index is -2.65. The maximum Gasteiger partial charge on any atom is 0.267 e. The van der Waals surface area contributed by atoms with Gasteiger partial charge in [-0.15, -0.1) is 0 Å². The zero-order chi connectivity index (χ0) is 23.1. The summed E-state index contributed by atoms with van der Waals surface area (Å²) in [5, 5.41) is 2.64. The van der Waals surface area contributed by atoms with Crippen LogP contribution in [0.15, 0.2) is 6.07 Å². The number of hydrogen-bond donors (Lipinski definition) is 1. The highest BCUT2D eigenvalue weighted by atomic mass is 19.3. The van der Waals surface area contributed by atoms with Crippen LogP contribution in [0.1, 0.15) is 65.4 Å². The Morgan fingerprint density at radius 2 is 1.90 bits per heavy atom. The first-order valence-electron chi connectivity index (χ1n) is 10.8. The summed E-state index contributed by atoms with van der Waals surface area (Å²) in [5.74, 6) is -4.19. The number of anilines is 2. The summed E-state index contributed by atoms with van der Waals surface area (Å²) < 4.78 is 48.0. The Kier molecular flexibility index (Phi) is 6.31. The molecule has 3 rings (SSSR count). The molecule has 0 saturated heterocycles. The molecule has 2 amide bonds. The normalized spacial score (nSPS) is 21.5. The van der Waals surface area contributed by atoms with Crippen molar-refractivity contribution >= 4 is 23.2 Å². The number of nitrogens with one attached hydrogen (secondary N) is 1. The number of fused-ring (bicyclic) bond motifs is 1. The third-order valence-corrected chi connectivity index (χ3v) is 5.83. The Labute approximate surface area is 181 Å². The number of carbonyl (C=O) groups is 2. The second-order valence-corrected chi connectivity index (χ2v) is 10.0. The average molecular weight is 441 g/mol. The van der Waals surface area contributed by atoms with Gasteiger partial charge in [-0.2, -0.15) is 0 Å². The van der Waals surface area contributed by atoms with Gasteiger partial charge in [0.1, 0.15) is 0 Å². The van der Waals surface area contributed by atoms with Crippen molar-refractivity contribution in [2.24, 2.45) is 11.3 Å². The summed E-state index contributed by atoms with van der Waals surface area (Å²) >= 11 is 0. The predicted molar refractivity (Wildman–Crippen MR) is 113 cm³/mol. The standard InChI is InChI=1S/C23H31F3N2O3/c1-13-10-16-20(18(24)19(13)27-17(29)11-22(3,4)5)31-14(2)21(30)28(16)12-15-6-8-23(25,26)9-7-15/h10,14-15H,6-9,11-12H2,1-5H3,(H,27,29). The number of halogens is 3. The molecular formula is C23H31F3N2O3. The van der Waals surface area contributed by atoms with E-state index in [0.29, 0.717) is 18.4 Å². The molecule has 1 N–H and O–H groups in total. The lowest BCUT2D eigenvalue weighted by molar-refractivity contribution is -0.126. The van der Waals surface area contributed by atoms with E-state index in [9.17, 15) is 18.4 Å². The zero-order valence-corrected chi connectivity index (χ0v) is 18.8. The summed E-state index contributed by atoms with van der Waals surface area (Å²) in [6, 6.07) is 1.62. The van der Waals surface area contributed by atoms with Crippen LogP contribution in [0.4, 0.5) is 24.5 Å². The van der Waals surface area contributed by atoms with E-state index >= 15 is 4.39 Å². The first kappa shape index (κ1) is 23.4. The van der Waals surface area contributed by atoms with Crippen LogP contribution in [-0.2, 0) is 9.59 Å². The maximum atomic E-state index is 15.4. The highest BCUT2D eigenvalue weighted by Gasteiger charge is 2.40. The van der Waals surface area contributed by atoms with Crippen LogP contribution >= 0.6 is 0 Å². The van der Waals surface area contributed by atoms with E-state index in [-0.39, 0.29) is 66.1 Å². The zero-order valence-electron chi connectivity index (χ0n) is 18.8. The monoisotopic (exact) mass is 440 g/mol. The molecule has 1 aromatic carbocycles. The Bertz CT molecular complexity index is 870. The van der Waals surface area contributed by atoms with Crippen LogP contribution in [0.5, 0.6) is 5.75 Å². The topological polar surface area (TPSA) is 58.6 Å². The molecule has 1 fully saturated rings. The van der Waals surface area contributed by atoms with Crippen molar-refractivity contribution in [3.63, 3.8) is 0 Å². The lowest BCUT2D eigenvalue weighted by atomic mass is 9.86. The van der Waals surface area contributed by atoms with Gasteiger partial charge in [0.2, 0.25) is 11.8 Å². The van der Waals surface area contributed by atoms with E-state index < -0.39 is 17.8 Å². The fourth-order valence-electron chi connectivity index (χ4n) is 4.17. The van der Waals surface area contributed by atoms with Crippen molar-refractivity contribution < 1.29 is 27.5 Å². The first-order valence-corrected chi connectivity index (χ1v) is 10.8. The minimum absolute atomic E-state index is 0.0341. The number of ether oxygens (including phenoxy) is 1. The van der Waals surface area contributed by atoms with Crippen LogP contribution in [-0.4, -0.2) is 30.4 Å². The van der Waals surface area contributed by atoms with E-state index in [0.717, 1.165) is 0 Å². The van der Waals surface area contributed by atoms with Gasteiger partial charge in [-0.3, -0.25) is 9.59 Å². The molecule has 1 aliphatic carbocycles. The molecule has 0 aromatic heterocycles. The number of rotatable bonds is 4. The Morgan fingerprint density at radius 3 is 2.48 bits per heavy atom. The number of alkyl halides is 2. The van der Waals surface area contributed by atoms with Crippen LogP contribution in [0.3, 0.4) is 0 Å². The molecule has 0 spiro atoms. The Morgan fingerprint density at radius 1 is 1.29 bits per heavy atom. The minimum Gasteiger partial charge on any atom is -0.476 e. The van der Waals surface area contributed by atoms with Crippen molar-refractivity contribution in [1.29, 1.82) is 0 Å². The van der Waals surface area contributed by atoms with Crippen molar-refractivity contribution in [1.82, 2.24) is 0 Å². The van der Waals surface area contributed by atoms with Crippen molar-refractivity contribution in [2.45, 2.75) is 78.7 Å². The first-order chi connectivity index (χ1) is 14.3. The molecule has 8 heteroatoms. The molecule has 1 heterocycles. The molecule has 172 valence electrons. The van der Waals surface area contributed by atoms with Gasteiger partial charge in [0.15, 0.2) is 17.7 Å². The van der Waals surface area contributed by atoms with Crippen LogP contribution in [0, 0.1) is 24.1 Å². The Balaban J connectivity index is 1.88. The number of hydrogen-bond acceptors (Lipinski definition) is 3. The van der Waals surface area contributed by atoms with Gasteiger partial charge in [0, 0.05) is 25.8 Å². The second-order valence-electron chi connectivity index (χ2n) is 10.0. The van der Waals surface area contributed by atoms with Crippen molar-refractivity contribution in [2.75, 3.05) is 16.8 Å². The molecule has 1 aliphatic heterocycles. The van der Waals surface area contributed by atoms with Crippen LogP contribution in [0.25, 0.3) is 0 Å². The molecule has 1 aromatic rings. The fourth-order valence-corrected chi connectivity index (χ4v) is 4.17. The van der Waals surface area contributed by atoms with Gasteiger partial charge in [0.25, 0.3) is 5.91 Å². The van der Waals surface area contributed by atoms with Gasteiger partial charge >= 0.3 is 0 Å². The molecule has 1 saturated carbocycles. The Hall–Kier alpha value is -2.25. The van der Waals surface area contributed by atoms with Crippen molar-refractivity contribution in [3.8, 4) is 5.75 Å². The lowest BCUT2D eigenvalue weighted by Gasteiger charge is -2.37. The van der Waals surface area contributed by atoms with E-state index in [2.05, 4.69) is 5.32 Å². The highest BCUT2D eigenvalue weighted by molar-refractivity contribution is 6.01. The predicted octanol–water partition coefficient (Wildman–Crippen LogP) is 5.45. The summed E-state index contributed by atoms with van der Waals surface area (Å²) in [6.07, 6.45) is -0.479. The SMILES string of the molecule is Cc1cc2c(c(F)c1NC(=O)CC(C)(C)C)OC(C)C(=O)N2CC1CCC(F)(F)CC1. The highest BCUT2D eigenvalue weighted by Crippen LogP contribution is 2.43. The maximum absolute atomic E-state index is 15.4. The summed E-state index contributed by atoms with van der Waals surface area (Å²) in [7, 11) is 0. The quantitative estimate of drug-likeness (QED) is 0.678. The average Bonchev–Trinajstić information content (AvgIpc) is 2.63. The molecule has 2 aliphatic rings. The second kappa shape index (κ2) is 8.36. The van der Waals surface area contributed by atoms with Gasteiger partial charge in [-0.05, 0) is 49.7 Å². The number of amides is 2. The van der Waals surface area contributed by atoms with Crippen LogP contribution < -0.4 is 15.0 Å². The van der Waals surface area contributed by atoms with E-state index in [1.807, 2.05) is 20.8 Å². The fraction of sp³-hybridized carbons (Fsp3) is 0.652. The molecule has 0 bridgehead atoms. The summed E-state index contributed by atoms with van der Waals surface area (Å²) in [4.78, 5) is 26.6. The van der Waals surface area contributed by atoms with E-state index in [4.69, 9.17) is 4.74 Å². The number of carbonyl (C=O) groups excluding carboxylic acids is 2. The van der Waals surface area contributed by atoms with Gasteiger partial charge in [0.05, 0.1) is 11.4 Å². The molecule has 1 atom stereocenters. The van der Waals surface area contributed by atoms with E-state index in [1.54, 1.807) is 13.0 Å². The molecule has 1 unspecified atom stereocenters. The van der Waals surface area contributed by atoms with E-state index in [1.165, 1.54) is 11.8 Å². The summed E-state index contributed by atoms with van der Waals surface area (Å²) in [5.41, 5.74) is 0.522. The third kappa shape index (κ3) is 5.33. The van der Waals surface area contributed by atoms with Gasteiger partial charge in [-0.1, -0.05) is 20.8 Å². The number of nitrogens with zero attached hydrogens (tertiary/aromatic N) is 1. The molecule has 31 heavy (non-hydrogen) atoms. The van der Waals surface area contributed by atoms with Gasteiger partial charge in [-0.25, -0.2) is 13.2 Å². The third-order valence-electron chi connectivity index (χ3n) is 5.83. The van der Waals surface area contributed by atoms with Crippen LogP contribution in [0.2, 0.25) is 0 Å².